The minimum absolute atomic E-state index is 0.202. The zero-order chi connectivity index (χ0) is 22.7. The normalized spacial score (nSPS) is 13.4. The molecule has 0 saturated carbocycles. The second-order valence-electron chi connectivity index (χ2n) is 7.87. The summed E-state index contributed by atoms with van der Waals surface area (Å²) in [6.45, 7) is 2.77. The topological polar surface area (TPSA) is 75.4 Å². The maximum absolute atomic E-state index is 12.6. The van der Waals surface area contributed by atoms with E-state index in [0.29, 0.717) is 15.7 Å². The van der Waals surface area contributed by atoms with Crippen LogP contribution >= 0.6 is 23.2 Å². The van der Waals surface area contributed by atoms with Crippen LogP contribution in [0.4, 0.5) is 5.69 Å². The van der Waals surface area contributed by atoms with Gasteiger partial charge in [0.1, 0.15) is 0 Å². The highest BCUT2D eigenvalue weighted by Crippen LogP contribution is 2.29. The molecule has 1 aliphatic rings. The van der Waals surface area contributed by atoms with Crippen LogP contribution < -0.4 is 11.1 Å². The van der Waals surface area contributed by atoms with E-state index < -0.39 is 5.91 Å². The van der Waals surface area contributed by atoms with Gasteiger partial charge in [0.15, 0.2) is 0 Å². The summed E-state index contributed by atoms with van der Waals surface area (Å²) in [6.07, 6.45) is 1.86. The number of fused-ring (bicyclic) bond motifs is 1. The van der Waals surface area contributed by atoms with Gasteiger partial charge in [0, 0.05) is 25.3 Å². The number of nitrogens with two attached hydrogens (primary N) is 1. The van der Waals surface area contributed by atoms with Gasteiger partial charge >= 0.3 is 0 Å². The van der Waals surface area contributed by atoms with Crippen molar-refractivity contribution in [3.63, 3.8) is 0 Å². The average Bonchev–Trinajstić information content (AvgIpc) is 2.79. The third-order valence-corrected chi connectivity index (χ3v) is 6.42. The summed E-state index contributed by atoms with van der Waals surface area (Å²) in [7, 11) is 0. The number of amides is 2. The number of nitrogens with zero attached hydrogens (tertiary/aromatic N) is 1. The quantitative estimate of drug-likeness (QED) is 0.538. The molecule has 0 spiro atoms. The van der Waals surface area contributed by atoms with Crippen LogP contribution in [-0.2, 0) is 19.4 Å². The summed E-state index contributed by atoms with van der Waals surface area (Å²) in [5, 5.41) is 4.04. The van der Waals surface area contributed by atoms with Crippen molar-refractivity contribution in [3.8, 4) is 0 Å². The van der Waals surface area contributed by atoms with Gasteiger partial charge < -0.3 is 11.1 Å². The van der Waals surface area contributed by atoms with Crippen molar-refractivity contribution in [2.24, 2.45) is 5.73 Å². The van der Waals surface area contributed by atoms with E-state index in [0.717, 1.165) is 32.5 Å². The standard InChI is InChI=1S/C25H23Cl2N3O2/c26-22-13-17-10-12-30(15-18(17)14-23(22)27)11-9-16-5-7-19(8-6-16)29-25(32)21-4-2-1-3-20(21)24(28)31/h1-8,13-14H,9-12,15H2,(H2,28,31)(H,29,32). The Hall–Kier alpha value is -2.86. The van der Waals surface area contributed by atoms with E-state index in [9.17, 15) is 9.59 Å². The minimum atomic E-state index is -0.628. The second-order valence-corrected chi connectivity index (χ2v) is 8.69. The number of hydrogen-bond acceptors (Lipinski definition) is 3. The number of rotatable bonds is 6. The summed E-state index contributed by atoms with van der Waals surface area (Å²) in [6, 6.07) is 18.2. The molecule has 0 bridgehead atoms. The van der Waals surface area contributed by atoms with Crippen molar-refractivity contribution in [1.82, 2.24) is 4.90 Å². The lowest BCUT2D eigenvalue weighted by Gasteiger charge is -2.29. The maximum Gasteiger partial charge on any atom is 0.256 e. The Bertz CT molecular complexity index is 1160. The van der Waals surface area contributed by atoms with Crippen LogP contribution in [0.2, 0.25) is 10.0 Å². The van der Waals surface area contributed by atoms with E-state index in [1.807, 2.05) is 36.4 Å². The van der Waals surface area contributed by atoms with Gasteiger partial charge in [-0.2, -0.15) is 0 Å². The molecule has 0 saturated heterocycles. The fourth-order valence-electron chi connectivity index (χ4n) is 3.93. The van der Waals surface area contributed by atoms with Crippen molar-refractivity contribution in [2.75, 3.05) is 18.4 Å². The first kappa shape index (κ1) is 22.3. The van der Waals surface area contributed by atoms with Crippen molar-refractivity contribution in [1.29, 1.82) is 0 Å². The number of carbonyl (C=O) groups is 2. The van der Waals surface area contributed by atoms with Crippen molar-refractivity contribution in [3.05, 3.63) is 98.5 Å². The Kier molecular flexibility index (Phi) is 6.80. The molecule has 0 atom stereocenters. The van der Waals surface area contributed by atoms with Gasteiger partial charge in [-0.05, 0) is 65.9 Å². The number of hydrogen-bond donors (Lipinski definition) is 2. The monoisotopic (exact) mass is 467 g/mol. The minimum Gasteiger partial charge on any atom is -0.366 e. The predicted molar refractivity (Wildman–Crippen MR) is 129 cm³/mol. The Balaban J connectivity index is 1.34. The molecule has 3 N–H and O–H groups in total. The van der Waals surface area contributed by atoms with E-state index in [4.69, 9.17) is 28.9 Å². The smallest absolute Gasteiger partial charge is 0.256 e. The third-order valence-electron chi connectivity index (χ3n) is 5.70. The summed E-state index contributed by atoms with van der Waals surface area (Å²) >= 11 is 12.3. The number of primary amides is 1. The molecule has 2 amide bonds. The largest absolute Gasteiger partial charge is 0.366 e. The third kappa shape index (κ3) is 5.13. The summed E-state index contributed by atoms with van der Waals surface area (Å²) in [4.78, 5) is 26.5. The summed E-state index contributed by atoms with van der Waals surface area (Å²) < 4.78 is 0. The zero-order valence-corrected chi connectivity index (χ0v) is 18.9. The molecule has 1 heterocycles. The second kappa shape index (κ2) is 9.74. The van der Waals surface area contributed by atoms with Gasteiger partial charge in [0.25, 0.3) is 5.91 Å². The van der Waals surface area contributed by atoms with E-state index >= 15 is 0 Å². The van der Waals surface area contributed by atoms with E-state index in [1.54, 1.807) is 24.3 Å². The van der Waals surface area contributed by atoms with Gasteiger partial charge in [-0.15, -0.1) is 0 Å². The molecule has 1 aliphatic heterocycles. The zero-order valence-electron chi connectivity index (χ0n) is 17.4. The number of anilines is 1. The van der Waals surface area contributed by atoms with Crippen LogP contribution in [-0.4, -0.2) is 29.8 Å². The number of carbonyl (C=O) groups excluding carboxylic acids is 2. The molecular formula is C25H23Cl2N3O2. The summed E-state index contributed by atoms with van der Waals surface area (Å²) in [5.41, 5.74) is 10.2. The highest BCUT2D eigenvalue weighted by molar-refractivity contribution is 6.42. The fraction of sp³-hybridized carbons (Fsp3) is 0.200. The van der Waals surface area contributed by atoms with Crippen LogP contribution in [0.25, 0.3) is 0 Å². The maximum atomic E-state index is 12.6. The molecule has 0 fully saturated rings. The Labute approximate surface area is 197 Å². The number of benzene rings is 3. The molecule has 0 aromatic heterocycles. The van der Waals surface area contributed by atoms with Crippen LogP contribution in [0.5, 0.6) is 0 Å². The van der Waals surface area contributed by atoms with E-state index in [1.165, 1.54) is 16.7 Å². The van der Waals surface area contributed by atoms with Gasteiger partial charge in [0.05, 0.1) is 21.2 Å². The molecule has 164 valence electrons. The molecule has 4 rings (SSSR count). The van der Waals surface area contributed by atoms with Crippen LogP contribution in [0.1, 0.15) is 37.4 Å². The summed E-state index contributed by atoms with van der Waals surface area (Å²) in [5.74, 6) is -0.991. The van der Waals surface area contributed by atoms with Crippen molar-refractivity contribution >= 4 is 40.7 Å². The van der Waals surface area contributed by atoms with Crippen LogP contribution in [0, 0.1) is 0 Å². The SMILES string of the molecule is NC(=O)c1ccccc1C(=O)Nc1ccc(CCN2CCc3cc(Cl)c(Cl)cc3C2)cc1. The first-order chi connectivity index (χ1) is 15.4. The van der Waals surface area contributed by atoms with Crippen LogP contribution in [0.15, 0.2) is 60.7 Å². The van der Waals surface area contributed by atoms with Gasteiger partial charge in [-0.1, -0.05) is 47.5 Å². The van der Waals surface area contributed by atoms with Crippen molar-refractivity contribution < 1.29 is 9.59 Å². The lowest BCUT2D eigenvalue weighted by Crippen LogP contribution is -2.32. The molecule has 3 aromatic carbocycles. The first-order valence-electron chi connectivity index (χ1n) is 10.4. The highest BCUT2D eigenvalue weighted by Gasteiger charge is 2.18. The van der Waals surface area contributed by atoms with Crippen molar-refractivity contribution in [2.45, 2.75) is 19.4 Å². The first-order valence-corrected chi connectivity index (χ1v) is 11.1. The number of nitrogens with one attached hydrogen (secondary N) is 1. The van der Waals surface area contributed by atoms with E-state index in [2.05, 4.69) is 10.2 Å². The molecular weight excluding hydrogens is 445 g/mol. The number of halogens is 2. The van der Waals surface area contributed by atoms with Gasteiger partial charge in [-0.25, -0.2) is 0 Å². The molecule has 3 aromatic rings. The van der Waals surface area contributed by atoms with Gasteiger partial charge in [0.2, 0.25) is 5.91 Å². The van der Waals surface area contributed by atoms with Gasteiger partial charge in [-0.3, -0.25) is 14.5 Å². The molecule has 5 nitrogen and oxygen atoms in total. The molecule has 0 aliphatic carbocycles. The molecule has 7 heteroatoms. The average molecular weight is 468 g/mol. The fourth-order valence-corrected chi connectivity index (χ4v) is 4.31. The lowest BCUT2D eigenvalue weighted by atomic mass is 9.99. The molecule has 32 heavy (non-hydrogen) atoms. The van der Waals surface area contributed by atoms with E-state index in [-0.39, 0.29) is 17.0 Å². The molecule has 0 radical (unpaired) electrons. The highest BCUT2D eigenvalue weighted by atomic mass is 35.5. The Morgan fingerprint density at radius 3 is 2.28 bits per heavy atom. The predicted octanol–water partition coefficient (Wildman–Crippen LogP) is 4.95. The lowest BCUT2D eigenvalue weighted by molar-refractivity contribution is 0.0977. The molecule has 0 unspecified atom stereocenters. The Morgan fingerprint density at radius 1 is 0.938 bits per heavy atom. The Morgan fingerprint density at radius 2 is 1.59 bits per heavy atom. The van der Waals surface area contributed by atoms with Crippen LogP contribution in [0.3, 0.4) is 0 Å².